The summed E-state index contributed by atoms with van der Waals surface area (Å²) in [4.78, 5) is 11.7. The van der Waals surface area contributed by atoms with Gasteiger partial charge in [0.05, 0.1) is 5.60 Å². The fourth-order valence-corrected chi connectivity index (χ4v) is 3.20. The number of carbonyl (C=O) groups excluding carboxylic acids is 1. The Balaban J connectivity index is 1.66. The van der Waals surface area contributed by atoms with Crippen molar-refractivity contribution in [1.29, 1.82) is 0 Å². The fourth-order valence-electron chi connectivity index (χ4n) is 3.20. The largest absolute Gasteiger partial charge is 0.444 e. The number of hydrogen-bond donors (Lipinski definition) is 2. The molecule has 0 aromatic carbocycles. The highest BCUT2D eigenvalue weighted by atomic mass is 16.6. The van der Waals surface area contributed by atoms with Gasteiger partial charge >= 0.3 is 6.09 Å². The number of carbonyl (C=O) groups is 1. The second-order valence-corrected chi connectivity index (χ2v) is 8.02. The van der Waals surface area contributed by atoms with Gasteiger partial charge in [0.2, 0.25) is 0 Å². The summed E-state index contributed by atoms with van der Waals surface area (Å²) in [6, 6.07) is 1.28. The molecule has 5 nitrogen and oxygen atoms in total. The molecule has 0 aromatic heterocycles. The molecule has 22 heavy (non-hydrogen) atoms. The van der Waals surface area contributed by atoms with Crippen molar-refractivity contribution in [3.8, 4) is 0 Å². The quantitative estimate of drug-likeness (QED) is 0.838. The van der Waals surface area contributed by atoms with E-state index in [1.807, 2.05) is 20.8 Å². The fraction of sp³-hybridized carbons (Fsp3) is 0.941. The average molecular weight is 312 g/mol. The van der Waals surface area contributed by atoms with Crippen LogP contribution in [-0.2, 0) is 9.47 Å². The van der Waals surface area contributed by atoms with E-state index < -0.39 is 5.60 Å². The van der Waals surface area contributed by atoms with Crippen LogP contribution in [0.2, 0.25) is 0 Å². The zero-order chi connectivity index (χ0) is 16.4. The first-order valence-corrected chi connectivity index (χ1v) is 8.58. The molecule has 1 aliphatic heterocycles. The SMILES string of the molecule is CCC1(C)CC(NC2CC(NC(=O)OC(C)(C)C)C2)CCO1. The maximum absolute atomic E-state index is 11.7. The number of ether oxygens (including phenoxy) is 2. The zero-order valence-corrected chi connectivity index (χ0v) is 14.7. The molecular weight excluding hydrogens is 280 g/mol. The molecule has 1 saturated carbocycles. The maximum Gasteiger partial charge on any atom is 0.407 e. The summed E-state index contributed by atoms with van der Waals surface area (Å²) in [6.45, 7) is 10.9. The third kappa shape index (κ3) is 5.13. The van der Waals surface area contributed by atoms with E-state index in [4.69, 9.17) is 9.47 Å². The number of nitrogens with one attached hydrogen (secondary N) is 2. The molecule has 1 amide bonds. The minimum Gasteiger partial charge on any atom is -0.444 e. The summed E-state index contributed by atoms with van der Waals surface area (Å²) in [5, 5.41) is 6.67. The Morgan fingerprint density at radius 3 is 2.55 bits per heavy atom. The van der Waals surface area contributed by atoms with Gasteiger partial charge in [-0.3, -0.25) is 0 Å². The van der Waals surface area contributed by atoms with Crippen LogP contribution in [0.15, 0.2) is 0 Å². The Kier molecular flexibility index (Phi) is 5.38. The van der Waals surface area contributed by atoms with Gasteiger partial charge in [0, 0.05) is 24.7 Å². The molecular formula is C17H32N2O3. The van der Waals surface area contributed by atoms with Gasteiger partial charge < -0.3 is 20.1 Å². The van der Waals surface area contributed by atoms with E-state index in [-0.39, 0.29) is 17.7 Å². The Hall–Kier alpha value is -0.810. The van der Waals surface area contributed by atoms with E-state index in [1.165, 1.54) is 0 Å². The third-order valence-corrected chi connectivity index (χ3v) is 4.67. The van der Waals surface area contributed by atoms with Gasteiger partial charge in [-0.2, -0.15) is 0 Å². The van der Waals surface area contributed by atoms with Crippen molar-refractivity contribution in [1.82, 2.24) is 10.6 Å². The standard InChI is InChI=1S/C17H32N2O3/c1-6-17(5)11-12(7-8-21-17)18-13-9-14(10-13)19-15(20)22-16(2,3)4/h12-14,18H,6-11H2,1-5H3,(H,19,20). The normalized spacial score (nSPS) is 35.6. The lowest BCUT2D eigenvalue weighted by Crippen LogP contribution is -2.57. The zero-order valence-electron chi connectivity index (χ0n) is 14.7. The number of rotatable bonds is 4. The van der Waals surface area contributed by atoms with Crippen LogP contribution in [0, 0.1) is 0 Å². The number of alkyl carbamates (subject to hydrolysis) is 1. The summed E-state index contributed by atoms with van der Waals surface area (Å²) in [5.74, 6) is 0. The van der Waals surface area contributed by atoms with Crippen LogP contribution in [0.5, 0.6) is 0 Å². The van der Waals surface area contributed by atoms with Crippen LogP contribution in [0.1, 0.15) is 66.7 Å². The van der Waals surface area contributed by atoms with Crippen LogP contribution in [0.3, 0.4) is 0 Å². The lowest BCUT2D eigenvalue weighted by atomic mass is 9.84. The second-order valence-electron chi connectivity index (χ2n) is 8.02. The molecule has 2 rings (SSSR count). The molecule has 0 aromatic rings. The van der Waals surface area contributed by atoms with Crippen LogP contribution < -0.4 is 10.6 Å². The third-order valence-electron chi connectivity index (χ3n) is 4.67. The second kappa shape index (κ2) is 6.75. The van der Waals surface area contributed by atoms with Crippen molar-refractivity contribution in [3.63, 3.8) is 0 Å². The van der Waals surface area contributed by atoms with E-state index in [2.05, 4.69) is 24.5 Å². The Morgan fingerprint density at radius 1 is 1.27 bits per heavy atom. The predicted molar refractivity (Wildman–Crippen MR) is 87.0 cm³/mol. The van der Waals surface area contributed by atoms with Crippen molar-refractivity contribution in [2.24, 2.45) is 0 Å². The lowest BCUT2D eigenvalue weighted by Gasteiger charge is -2.43. The van der Waals surface area contributed by atoms with E-state index in [9.17, 15) is 4.79 Å². The first kappa shape index (κ1) is 17.5. The molecule has 2 atom stereocenters. The summed E-state index contributed by atoms with van der Waals surface area (Å²) in [6.07, 6.45) is 4.87. The summed E-state index contributed by atoms with van der Waals surface area (Å²) < 4.78 is 11.2. The monoisotopic (exact) mass is 312 g/mol. The van der Waals surface area contributed by atoms with Gasteiger partial charge in [0.15, 0.2) is 0 Å². The molecule has 1 aliphatic carbocycles. The number of amides is 1. The molecule has 128 valence electrons. The molecule has 2 unspecified atom stereocenters. The molecule has 0 spiro atoms. The van der Waals surface area contributed by atoms with Crippen molar-refractivity contribution in [3.05, 3.63) is 0 Å². The van der Waals surface area contributed by atoms with Crippen LogP contribution in [0.4, 0.5) is 4.79 Å². The molecule has 2 aliphatic rings. The Morgan fingerprint density at radius 2 is 1.95 bits per heavy atom. The van der Waals surface area contributed by atoms with Crippen LogP contribution in [0.25, 0.3) is 0 Å². The van der Waals surface area contributed by atoms with Gasteiger partial charge in [-0.1, -0.05) is 6.92 Å². The first-order chi connectivity index (χ1) is 10.2. The predicted octanol–water partition coefficient (Wildman–Crippen LogP) is 2.98. The lowest BCUT2D eigenvalue weighted by molar-refractivity contribution is -0.0804. The molecule has 0 radical (unpaired) electrons. The minimum atomic E-state index is -0.432. The molecule has 2 fully saturated rings. The first-order valence-electron chi connectivity index (χ1n) is 8.58. The van der Waals surface area contributed by atoms with Crippen molar-refractivity contribution in [2.45, 2.75) is 96.1 Å². The van der Waals surface area contributed by atoms with Gasteiger partial charge in [0.25, 0.3) is 0 Å². The minimum absolute atomic E-state index is 0.0217. The molecule has 1 heterocycles. The highest BCUT2D eigenvalue weighted by molar-refractivity contribution is 5.68. The van der Waals surface area contributed by atoms with E-state index in [1.54, 1.807) is 0 Å². The summed E-state index contributed by atoms with van der Waals surface area (Å²) >= 11 is 0. The van der Waals surface area contributed by atoms with Gasteiger partial charge in [-0.05, 0) is 59.8 Å². The van der Waals surface area contributed by atoms with E-state index in [0.717, 1.165) is 38.7 Å². The van der Waals surface area contributed by atoms with Crippen molar-refractivity contribution in [2.75, 3.05) is 6.61 Å². The highest BCUT2D eigenvalue weighted by Gasteiger charge is 2.36. The van der Waals surface area contributed by atoms with E-state index in [0.29, 0.717) is 12.1 Å². The summed E-state index contributed by atoms with van der Waals surface area (Å²) in [5.41, 5.74) is -0.411. The van der Waals surface area contributed by atoms with Crippen molar-refractivity contribution >= 4 is 6.09 Å². The van der Waals surface area contributed by atoms with Crippen molar-refractivity contribution < 1.29 is 14.3 Å². The summed E-state index contributed by atoms with van der Waals surface area (Å²) in [7, 11) is 0. The average Bonchev–Trinajstić information content (AvgIpc) is 2.34. The molecule has 0 bridgehead atoms. The number of hydrogen-bond acceptors (Lipinski definition) is 4. The molecule has 5 heteroatoms. The molecule has 2 N–H and O–H groups in total. The highest BCUT2D eigenvalue weighted by Crippen LogP contribution is 2.30. The Bertz CT molecular complexity index is 388. The van der Waals surface area contributed by atoms with E-state index >= 15 is 0 Å². The maximum atomic E-state index is 11.7. The topological polar surface area (TPSA) is 59.6 Å². The van der Waals surface area contributed by atoms with Gasteiger partial charge in [0.1, 0.15) is 5.60 Å². The van der Waals surface area contributed by atoms with Gasteiger partial charge in [-0.25, -0.2) is 4.79 Å². The Labute approximate surface area is 134 Å². The molecule has 1 saturated heterocycles. The van der Waals surface area contributed by atoms with Gasteiger partial charge in [-0.15, -0.1) is 0 Å². The van der Waals surface area contributed by atoms with Crippen LogP contribution >= 0.6 is 0 Å². The smallest absolute Gasteiger partial charge is 0.407 e. The van der Waals surface area contributed by atoms with Crippen LogP contribution in [-0.4, -0.2) is 42.0 Å².